The molecule has 0 amide bonds. The van der Waals surface area contributed by atoms with Gasteiger partial charge in [-0.05, 0) is 66.9 Å². The Morgan fingerprint density at radius 3 is 2.75 bits per heavy atom. The van der Waals surface area contributed by atoms with E-state index in [1.807, 2.05) is 18.7 Å². The molecule has 1 aromatic rings. The van der Waals surface area contributed by atoms with Crippen molar-refractivity contribution in [3.05, 3.63) is 47.2 Å². The Bertz CT molecular complexity index is 526. The summed E-state index contributed by atoms with van der Waals surface area (Å²) in [5, 5.41) is 0. The molecule has 0 N–H and O–H groups in total. The molecular formula is C18H24OS. The van der Waals surface area contributed by atoms with Gasteiger partial charge in [0.1, 0.15) is 5.76 Å². The van der Waals surface area contributed by atoms with Crippen LogP contribution in [0.1, 0.15) is 38.3 Å². The lowest BCUT2D eigenvalue weighted by Gasteiger charge is -2.21. The number of benzene rings is 1. The van der Waals surface area contributed by atoms with Crippen LogP contribution in [0.2, 0.25) is 0 Å². The molecule has 0 atom stereocenters. The zero-order valence-electron chi connectivity index (χ0n) is 12.9. The van der Waals surface area contributed by atoms with Gasteiger partial charge in [-0.1, -0.05) is 26.0 Å². The average Bonchev–Trinajstić information content (AvgIpc) is 2.41. The van der Waals surface area contributed by atoms with Gasteiger partial charge in [-0.2, -0.15) is 0 Å². The minimum atomic E-state index is 0.493. The molecule has 0 saturated carbocycles. The Morgan fingerprint density at radius 2 is 2.10 bits per heavy atom. The maximum atomic E-state index is 5.75. The summed E-state index contributed by atoms with van der Waals surface area (Å²) in [6, 6.07) is 6.67. The van der Waals surface area contributed by atoms with Crippen molar-refractivity contribution in [2.24, 2.45) is 5.92 Å². The van der Waals surface area contributed by atoms with Crippen LogP contribution < -0.4 is 0 Å². The van der Waals surface area contributed by atoms with Crippen LogP contribution in [0.15, 0.2) is 41.0 Å². The van der Waals surface area contributed by atoms with Gasteiger partial charge >= 0.3 is 0 Å². The van der Waals surface area contributed by atoms with E-state index < -0.39 is 0 Å². The number of allylic oxidation sites excluding steroid dienone is 3. The third-order valence-corrected chi connectivity index (χ3v) is 4.46. The molecule has 2 rings (SSSR count). The molecule has 1 aliphatic carbocycles. The summed E-state index contributed by atoms with van der Waals surface area (Å²) in [4.78, 5) is 1.40. The highest BCUT2D eigenvalue weighted by Crippen LogP contribution is 2.35. The second-order valence-electron chi connectivity index (χ2n) is 5.32. The largest absolute Gasteiger partial charge is 0.494 e. The summed E-state index contributed by atoms with van der Waals surface area (Å²) < 4.78 is 5.75. The predicted octanol–water partition coefficient (Wildman–Crippen LogP) is 5.31. The summed E-state index contributed by atoms with van der Waals surface area (Å²) in [6.07, 6.45) is 8.76. The molecule has 0 bridgehead atoms. The van der Waals surface area contributed by atoms with Crippen LogP contribution in [0.5, 0.6) is 0 Å². The lowest BCUT2D eigenvalue weighted by Crippen LogP contribution is -2.04. The van der Waals surface area contributed by atoms with Gasteiger partial charge in [0, 0.05) is 4.90 Å². The molecule has 1 aliphatic rings. The van der Waals surface area contributed by atoms with Gasteiger partial charge in [0.25, 0.3) is 0 Å². The number of thioether (sulfide) groups is 1. The van der Waals surface area contributed by atoms with Crippen molar-refractivity contribution in [2.45, 2.75) is 38.5 Å². The van der Waals surface area contributed by atoms with Gasteiger partial charge in [-0.25, -0.2) is 0 Å². The Kier molecular flexibility index (Phi) is 5.36. The second-order valence-corrected chi connectivity index (χ2v) is 6.17. The van der Waals surface area contributed by atoms with E-state index in [9.17, 15) is 0 Å². The minimum Gasteiger partial charge on any atom is -0.494 e. The molecule has 1 aromatic carbocycles. The standard InChI is InChI=1S/C18H24OS/c1-5-19-14-8-6-10-16-15(17(12-14)13(2)3)9-7-11-18(16)20-4/h7-9,11-13H,5-6,10H2,1-4H3/b14-8-,17-12-. The van der Waals surface area contributed by atoms with Crippen molar-refractivity contribution in [1.82, 2.24) is 0 Å². The van der Waals surface area contributed by atoms with E-state index in [0.29, 0.717) is 5.92 Å². The highest BCUT2D eigenvalue weighted by Gasteiger charge is 2.16. The lowest BCUT2D eigenvalue weighted by atomic mass is 9.88. The first kappa shape index (κ1) is 15.2. The van der Waals surface area contributed by atoms with E-state index in [4.69, 9.17) is 4.74 Å². The number of hydrogen-bond acceptors (Lipinski definition) is 2. The van der Waals surface area contributed by atoms with Crippen LogP contribution in [0.3, 0.4) is 0 Å². The van der Waals surface area contributed by atoms with Gasteiger partial charge in [0.2, 0.25) is 0 Å². The molecule has 0 radical (unpaired) electrons. The quantitative estimate of drug-likeness (QED) is 0.694. The van der Waals surface area contributed by atoms with Gasteiger partial charge in [0.05, 0.1) is 6.61 Å². The predicted molar refractivity (Wildman–Crippen MR) is 89.1 cm³/mol. The van der Waals surface area contributed by atoms with Crippen molar-refractivity contribution < 1.29 is 4.74 Å². The molecular weight excluding hydrogens is 264 g/mol. The van der Waals surface area contributed by atoms with Crippen molar-refractivity contribution >= 4 is 17.3 Å². The Balaban J connectivity index is 2.54. The zero-order valence-corrected chi connectivity index (χ0v) is 13.7. The fourth-order valence-electron chi connectivity index (χ4n) is 2.68. The first-order valence-electron chi connectivity index (χ1n) is 7.38. The number of rotatable bonds is 4. The fourth-order valence-corrected chi connectivity index (χ4v) is 3.35. The summed E-state index contributed by atoms with van der Waals surface area (Å²) in [7, 11) is 0. The average molecular weight is 288 g/mol. The van der Waals surface area contributed by atoms with Crippen LogP contribution in [0, 0.1) is 5.92 Å². The Labute approximate surface area is 127 Å². The minimum absolute atomic E-state index is 0.493. The van der Waals surface area contributed by atoms with E-state index in [1.54, 1.807) is 0 Å². The molecule has 0 unspecified atom stereocenters. The van der Waals surface area contributed by atoms with E-state index in [1.165, 1.54) is 21.6 Å². The fraction of sp³-hybridized carbons (Fsp3) is 0.444. The van der Waals surface area contributed by atoms with Crippen LogP contribution in [-0.4, -0.2) is 12.9 Å². The number of ether oxygens (including phenoxy) is 1. The van der Waals surface area contributed by atoms with Crippen molar-refractivity contribution in [3.63, 3.8) is 0 Å². The summed E-state index contributed by atoms with van der Waals surface area (Å²) in [5.41, 5.74) is 4.28. The van der Waals surface area contributed by atoms with E-state index in [-0.39, 0.29) is 0 Å². The normalized spacial score (nSPS) is 20.2. The molecule has 0 heterocycles. The lowest BCUT2D eigenvalue weighted by molar-refractivity contribution is 0.241. The smallest absolute Gasteiger partial charge is 0.115 e. The summed E-state index contributed by atoms with van der Waals surface area (Å²) >= 11 is 1.85. The number of fused-ring (bicyclic) bond motifs is 1. The molecule has 0 saturated heterocycles. The first-order chi connectivity index (χ1) is 9.67. The zero-order chi connectivity index (χ0) is 14.5. The second kappa shape index (κ2) is 7.03. The third-order valence-electron chi connectivity index (χ3n) is 3.63. The summed E-state index contributed by atoms with van der Waals surface area (Å²) in [6.45, 7) is 7.28. The van der Waals surface area contributed by atoms with Gasteiger partial charge in [-0.15, -0.1) is 11.8 Å². The van der Waals surface area contributed by atoms with Crippen molar-refractivity contribution in [1.29, 1.82) is 0 Å². The molecule has 108 valence electrons. The monoisotopic (exact) mass is 288 g/mol. The molecule has 0 aromatic heterocycles. The maximum absolute atomic E-state index is 5.75. The Hall–Kier alpha value is -1.15. The molecule has 0 spiro atoms. The van der Waals surface area contributed by atoms with E-state index >= 15 is 0 Å². The molecule has 0 fully saturated rings. The van der Waals surface area contributed by atoms with Gasteiger partial charge < -0.3 is 4.74 Å². The molecule has 1 nitrogen and oxygen atoms in total. The molecule has 2 heteroatoms. The SMILES string of the molecule is CCOC1=C\CCc2c(SC)cccc2/C(C(C)C)=C\1. The highest BCUT2D eigenvalue weighted by atomic mass is 32.2. The topological polar surface area (TPSA) is 9.23 Å². The first-order valence-corrected chi connectivity index (χ1v) is 8.60. The van der Waals surface area contributed by atoms with Crippen LogP contribution >= 0.6 is 11.8 Å². The molecule has 0 aliphatic heterocycles. The summed E-state index contributed by atoms with van der Waals surface area (Å²) in [5.74, 6) is 1.52. The van der Waals surface area contributed by atoms with Crippen LogP contribution in [-0.2, 0) is 11.2 Å². The third kappa shape index (κ3) is 3.29. The van der Waals surface area contributed by atoms with Crippen molar-refractivity contribution in [3.8, 4) is 0 Å². The van der Waals surface area contributed by atoms with Crippen LogP contribution in [0.4, 0.5) is 0 Å². The van der Waals surface area contributed by atoms with Gasteiger partial charge in [-0.3, -0.25) is 0 Å². The molecule has 20 heavy (non-hydrogen) atoms. The highest BCUT2D eigenvalue weighted by molar-refractivity contribution is 7.98. The maximum Gasteiger partial charge on any atom is 0.115 e. The van der Waals surface area contributed by atoms with Crippen molar-refractivity contribution in [2.75, 3.05) is 12.9 Å². The van der Waals surface area contributed by atoms with E-state index in [2.05, 4.69) is 50.5 Å². The van der Waals surface area contributed by atoms with E-state index in [0.717, 1.165) is 25.2 Å². The number of hydrogen-bond donors (Lipinski definition) is 0. The van der Waals surface area contributed by atoms with Gasteiger partial charge in [0.15, 0.2) is 0 Å². The Morgan fingerprint density at radius 1 is 1.30 bits per heavy atom. The van der Waals surface area contributed by atoms with Crippen LogP contribution in [0.25, 0.3) is 5.57 Å².